The first-order valence-electron chi connectivity index (χ1n) is 10.7. The summed E-state index contributed by atoms with van der Waals surface area (Å²) in [5.41, 5.74) is 8.48. The van der Waals surface area contributed by atoms with Crippen molar-refractivity contribution in [3.05, 3.63) is 71.4 Å². The minimum atomic E-state index is 0.194. The van der Waals surface area contributed by atoms with Crippen molar-refractivity contribution in [3.8, 4) is 0 Å². The fourth-order valence-corrected chi connectivity index (χ4v) is 3.53. The van der Waals surface area contributed by atoms with Crippen LogP contribution in [0.3, 0.4) is 0 Å². The van der Waals surface area contributed by atoms with Gasteiger partial charge in [0.05, 0.1) is 34.2 Å². The van der Waals surface area contributed by atoms with Crippen LogP contribution in [-0.4, -0.2) is 17.1 Å². The van der Waals surface area contributed by atoms with Crippen molar-refractivity contribution in [2.45, 2.75) is 59.8 Å². The number of nitrogens with zero attached hydrogens (tertiary/aromatic N) is 3. The summed E-state index contributed by atoms with van der Waals surface area (Å²) in [4.78, 5) is 14.6. The van der Waals surface area contributed by atoms with Gasteiger partial charge in [0.25, 0.3) is 0 Å². The summed E-state index contributed by atoms with van der Waals surface area (Å²) in [6, 6.07) is 16.7. The third kappa shape index (κ3) is 7.42. The molecule has 3 nitrogen and oxygen atoms in total. The molecule has 1 aliphatic heterocycles. The molecular weight excluding hydrogens is 481 g/mol. The molecule has 0 atom stereocenters. The fraction of sp³-hybridized carbons (Fsp3) is 0.346. The molecule has 0 N–H and O–H groups in total. The van der Waals surface area contributed by atoms with Crippen molar-refractivity contribution in [2.24, 2.45) is 15.0 Å². The van der Waals surface area contributed by atoms with Crippen LogP contribution in [0.15, 0.2) is 75.3 Å². The SMILES string of the molecule is CC(=Nc1ccccc1C(C)C)C1=CCC(C(C)=Nc2ccccc2C(C)C)=N1.[Cl][Fe][Cl]. The Labute approximate surface area is 207 Å². The van der Waals surface area contributed by atoms with Gasteiger partial charge in [-0.05, 0) is 48.9 Å². The van der Waals surface area contributed by atoms with Crippen LogP contribution in [0.2, 0.25) is 0 Å². The topological polar surface area (TPSA) is 37.1 Å². The molecule has 172 valence electrons. The Morgan fingerprint density at radius 1 is 0.812 bits per heavy atom. The van der Waals surface area contributed by atoms with Gasteiger partial charge in [-0.3, -0.25) is 9.98 Å². The van der Waals surface area contributed by atoms with Crippen LogP contribution >= 0.6 is 20.2 Å². The van der Waals surface area contributed by atoms with Gasteiger partial charge < -0.3 is 0 Å². The first-order chi connectivity index (χ1) is 15.3. The van der Waals surface area contributed by atoms with Gasteiger partial charge in [0, 0.05) is 6.42 Å². The predicted molar refractivity (Wildman–Crippen MR) is 138 cm³/mol. The monoisotopic (exact) mass is 511 g/mol. The molecule has 32 heavy (non-hydrogen) atoms. The van der Waals surface area contributed by atoms with E-state index in [0.29, 0.717) is 11.8 Å². The Balaban J connectivity index is 0.00000114. The number of aliphatic imine (C=N–C) groups is 3. The van der Waals surface area contributed by atoms with Crippen molar-refractivity contribution in [3.63, 3.8) is 0 Å². The van der Waals surface area contributed by atoms with Crippen molar-refractivity contribution in [1.29, 1.82) is 0 Å². The number of rotatable bonds is 6. The number of hydrogen-bond acceptors (Lipinski definition) is 3. The van der Waals surface area contributed by atoms with Crippen LogP contribution in [0, 0.1) is 0 Å². The maximum atomic E-state index is 4.89. The number of hydrogen-bond donors (Lipinski definition) is 0. The van der Waals surface area contributed by atoms with Gasteiger partial charge in [-0.25, -0.2) is 4.99 Å². The third-order valence-electron chi connectivity index (χ3n) is 5.23. The Morgan fingerprint density at radius 2 is 1.25 bits per heavy atom. The Hall–Kier alpha value is -1.71. The summed E-state index contributed by atoms with van der Waals surface area (Å²) < 4.78 is 0. The van der Waals surface area contributed by atoms with Gasteiger partial charge in [0.15, 0.2) is 0 Å². The molecule has 0 amide bonds. The normalized spacial score (nSPS) is 14.4. The van der Waals surface area contributed by atoms with Gasteiger partial charge in [0.2, 0.25) is 0 Å². The zero-order valence-electron chi connectivity index (χ0n) is 19.5. The molecule has 0 fully saturated rings. The molecule has 6 heteroatoms. The number of para-hydroxylation sites is 2. The molecule has 0 saturated heterocycles. The second-order valence-electron chi connectivity index (χ2n) is 8.22. The molecule has 0 aromatic heterocycles. The molecule has 1 aliphatic rings. The molecule has 3 rings (SSSR count). The number of halogens is 2. The first-order valence-corrected chi connectivity index (χ1v) is 13.7. The van der Waals surface area contributed by atoms with Gasteiger partial charge in [-0.1, -0.05) is 70.2 Å². The predicted octanol–water partition coefficient (Wildman–Crippen LogP) is 8.92. The van der Waals surface area contributed by atoms with Crippen LogP contribution in [0.1, 0.15) is 70.9 Å². The van der Waals surface area contributed by atoms with Gasteiger partial charge >= 0.3 is 33.3 Å². The van der Waals surface area contributed by atoms with E-state index in [4.69, 9.17) is 35.2 Å². The van der Waals surface area contributed by atoms with Crippen molar-refractivity contribution < 1.29 is 13.1 Å². The van der Waals surface area contributed by atoms with E-state index < -0.39 is 0 Å². The summed E-state index contributed by atoms with van der Waals surface area (Å²) >= 11 is 0.194. The number of benzene rings is 2. The maximum absolute atomic E-state index is 4.89. The summed E-state index contributed by atoms with van der Waals surface area (Å²) in [5, 5.41) is 0. The molecule has 0 bridgehead atoms. The van der Waals surface area contributed by atoms with Crippen LogP contribution in [-0.2, 0) is 13.1 Å². The summed E-state index contributed by atoms with van der Waals surface area (Å²) in [6.45, 7) is 12.9. The second kappa shape index (κ2) is 13.1. The second-order valence-corrected chi connectivity index (χ2v) is 10.0. The Morgan fingerprint density at radius 3 is 1.72 bits per heavy atom. The van der Waals surface area contributed by atoms with Gasteiger partial charge in [0.1, 0.15) is 0 Å². The first kappa shape index (κ1) is 26.5. The molecule has 0 radical (unpaired) electrons. The van der Waals surface area contributed by atoms with E-state index in [2.05, 4.69) is 70.2 Å². The van der Waals surface area contributed by atoms with E-state index in [-0.39, 0.29) is 13.1 Å². The van der Waals surface area contributed by atoms with Gasteiger partial charge in [-0.15, -0.1) is 0 Å². The minimum absolute atomic E-state index is 0.194. The summed E-state index contributed by atoms with van der Waals surface area (Å²) in [6.07, 6.45) is 2.95. The quantitative estimate of drug-likeness (QED) is 0.274. The van der Waals surface area contributed by atoms with Crippen LogP contribution in [0.4, 0.5) is 11.4 Å². The molecule has 0 saturated carbocycles. The summed E-state index contributed by atoms with van der Waals surface area (Å²) in [7, 11) is 9.53. The number of allylic oxidation sites excluding steroid dienone is 2. The molecule has 0 unspecified atom stereocenters. The standard InChI is InChI=1S/C26H31N3.2ClH.Fe/c1-17(2)21-11-7-9-13-25(21)27-19(5)23-15-16-24(29-23)20(6)28-26-14-10-8-12-22(26)18(3)4;;;/h7-15,17-18H,16H2,1-6H3;2*1H;/q;;;+2/p-2. The fourth-order valence-electron chi connectivity index (χ4n) is 3.53. The Bertz CT molecular complexity index is 1040. The average molecular weight is 512 g/mol. The van der Waals surface area contributed by atoms with Crippen molar-refractivity contribution >= 4 is 48.7 Å². The zero-order chi connectivity index (χ0) is 23.7. The Kier molecular flexibility index (Phi) is 10.9. The van der Waals surface area contributed by atoms with E-state index in [1.54, 1.807) is 0 Å². The van der Waals surface area contributed by atoms with Crippen molar-refractivity contribution in [2.75, 3.05) is 0 Å². The van der Waals surface area contributed by atoms with Gasteiger partial charge in [-0.2, -0.15) is 0 Å². The third-order valence-corrected chi connectivity index (χ3v) is 5.23. The van der Waals surface area contributed by atoms with Crippen molar-refractivity contribution in [1.82, 2.24) is 0 Å². The molecule has 0 spiro atoms. The molecule has 1 heterocycles. The molecular formula is C26H31Cl2FeN3. The summed E-state index contributed by atoms with van der Waals surface area (Å²) in [5.74, 6) is 0.882. The van der Waals surface area contributed by atoms with E-state index in [0.717, 1.165) is 40.6 Å². The molecule has 0 aliphatic carbocycles. The molecule has 2 aromatic carbocycles. The zero-order valence-corrected chi connectivity index (χ0v) is 22.1. The van der Waals surface area contributed by atoms with E-state index >= 15 is 0 Å². The van der Waals surface area contributed by atoms with Crippen LogP contribution < -0.4 is 0 Å². The van der Waals surface area contributed by atoms with E-state index in [1.807, 2.05) is 26.0 Å². The molecule has 2 aromatic rings. The van der Waals surface area contributed by atoms with Crippen LogP contribution in [0.5, 0.6) is 0 Å². The van der Waals surface area contributed by atoms with E-state index in [1.165, 1.54) is 11.1 Å². The van der Waals surface area contributed by atoms with Crippen LogP contribution in [0.25, 0.3) is 0 Å². The van der Waals surface area contributed by atoms with E-state index in [9.17, 15) is 0 Å². The average Bonchev–Trinajstić information content (AvgIpc) is 3.25.